The highest BCUT2D eigenvalue weighted by Crippen LogP contribution is 2.18. The predicted octanol–water partition coefficient (Wildman–Crippen LogP) is 2.41. The van der Waals surface area contributed by atoms with Crippen LogP contribution in [0.15, 0.2) is 53.4 Å². The maximum absolute atomic E-state index is 13.0. The number of benzene rings is 2. The van der Waals surface area contributed by atoms with E-state index in [1.54, 1.807) is 6.07 Å². The van der Waals surface area contributed by atoms with E-state index < -0.39 is 33.7 Å². The van der Waals surface area contributed by atoms with Crippen molar-refractivity contribution in [1.29, 1.82) is 5.26 Å². The number of amides is 2. The molecule has 0 saturated carbocycles. The lowest BCUT2D eigenvalue weighted by Crippen LogP contribution is -2.47. The Kier molecular flexibility index (Phi) is 8.10. The third kappa shape index (κ3) is 7.08. The smallest absolute Gasteiger partial charge is 0.261 e. The summed E-state index contributed by atoms with van der Waals surface area (Å²) in [5, 5.41) is 13.7. The van der Waals surface area contributed by atoms with Gasteiger partial charge >= 0.3 is 0 Å². The van der Waals surface area contributed by atoms with Crippen molar-refractivity contribution in [3.8, 4) is 6.07 Å². The van der Waals surface area contributed by atoms with Gasteiger partial charge in [0.05, 0.1) is 11.0 Å². The summed E-state index contributed by atoms with van der Waals surface area (Å²) < 4.78 is 40.3. The summed E-state index contributed by atoms with van der Waals surface area (Å²) >= 11 is 0. The number of hydrogen-bond acceptors (Lipinski definition) is 5. The van der Waals surface area contributed by atoms with Crippen LogP contribution in [0.3, 0.4) is 0 Å². The molecule has 164 valence electrons. The minimum Gasteiger partial charge on any atom is -0.341 e. The Balaban J connectivity index is 2.17. The highest BCUT2D eigenvalue weighted by Gasteiger charge is 2.23. The fraction of sp³-hybridized carbons (Fsp3) is 0.286. The Labute approximate surface area is 180 Å². The SMILES string of the molecule is CC(C)CC(NC(=O)c1cccc(NS(=O)(=O)c2ccc(F)cc2)c1)C(=O)NCC#N. The zero-order chi connectivity index (χ0) is 23.0. The van der Waals surface area contributed by atoms with E-state index >= 15 is 0 Å². The summed E-state index contributed by atoms with van der Waals surface area (Å²) in [4.78, 5) is 24.8. The van der Waals surface area contributed by atoms with E-state index in [9.17, 15) is 22.4 Å². The van der Waals surface area contributed by atoms with Gasteiger partial charge in [-0.25, -0.2) is 12.8 Å². The van der Waals surface area contributed by atoms with Gasteiger partial charge in [0.15, 0.2) is 0 Å². The monoisotopic (exact) mass is 446 g/mol. The van der Waals surface area contributed by atoms with Gasteiger partial charge in [-0.1, -0.05) is 19.9 Å². The molecule has 0 bridgehead atoms. The summed E-state index contributed by atoms with van der Waals surface area (Å²) in [6.45, 7) is 3.60. The Morgan fingerprint density at radius 1 is 1.13 bits per heavy atom. The second kappa shape index (κ2) is 10.5. The van der Waals surface area contributed by atoms with E-state index in [0.29, 0.717) is 6.42 Å². The van der Waals surface area contributed by atoms with Gasteiger partial charge in [0.25, 0.3) is 15.9 Å². The van der Waals surface area contributed by atoms with Crippen molar-refractivity contribution in [2.75, 3.05) is 11.3 Å². The number of carbonyl (C=O) groups is 2. The van der Waals surface area contributed by atoms with Gasteiger partial charge in [0, 0.05) is 11.3 Å². The van der Waals surface area contributed by atoms with Crippen molar-refractivity contribution >= 4 is 27.5 Å². The summed E-state index contributed by atoms with van der Waals surface area (Å²) in [7, 11) is -3.98. The molecule has 31 heavy (non-hydrogen) atoms. The first-order chi connectivity index (χ1) is 14.6. The van der Waals surface area contributed by atoms with Gasteiger partial charge in [-0.05, 0) is 54.8 Å². The number of rotatable bonds is 9. The molecule has 2 amide bonds. The molecule has 3 N–H and O–H groups in total. The first-order valence-electron chi connectivity index (χ1n) is 9.46. The highest BCUT2D eigenvalue weighted by molar-refractivity contribution is 7.92. The normalized spacial score (nSPS) is 12.0. The first-order valence-corrected chi connectivity index (χ1v) is 10.9. The predicted molar refractivity (Wildman–Crippen MR) is 113 cm³/mol. The lowest BCUT2D eigenvalue weighted by molar-refractivity contribution is -0.123. The van der Waals surface area contributed by atoms with Gasteiger partial charge in [-0.2, -0.15) is 5.26 Å². The summed E-state index contributed by atoms with van der Waals surface area (Å²) in [5.74, 6) is -1.50. The number of anilines is 1. The molecular formula is C21H23FN4O4S. The third-order valence-corrected chi connectivity index (χ3v) is 5.57. The molecular weight excluding hydrogens is 423 g/mol. The molecule has 8 nitrogen and oxygen atoms in total. The van der Waals surface area contributed by atoms with Crippen LogP contribution in [0.5, 0.6) is 0 Å². The molecule has 1 atom stereocenters. The molecule has 0 aliphatic carbocycles. The molecule has 0 spiro atoms. The van der Waals surface area contributed by atoms with E-state index in [2.05, 4.69) is 15.4 Å². The van der Waals surface area contributed by atoms with Crippen LogP contribution in [0.4, 0.5) is 10.1 Å². The average molecular weight is 447 g/mol. The zero-order valence-electron chi connectivity index (χ0n) is 17.1. The summed E-state index contributed by atoms with van der Waals surface area (Å²) in [6.07, 6.45) is 0.361. The van der Waals surface area contributed by atoms with Crippen molar-refractivity contribution in [3.05, 3.63) is 59.9 Å². The highest BCUT2D eigenvalue weighted by atomic mass is 32.2. The second-order valence-electron chi connectivity index (χ2n) is 7.17. The average Bonchev–Trinajstić information content (AvgIpc) is 2.71. The van der Waals surface area contributed by atoms with E-state index in [4.69, 9.17) is 5.26 Å². The molecule has 2 aromatic rings. The molecule has 0 radical (unpaired) electrons. The fourth-order valence-electron chi connectivity index (χ4n) is 2.75. The third-order valence-electron chi connectivity index (χ3n) is 4.17. The maximum atomic E-state index is 13.0. The number of carbonyl (C=O) groups excluding carboxylic acids is 2. The van der Waals surface area contributed by atoms with Crippen molar-refractivity contribution in [3.63, 3.8) is 0 Å². The van der Waals surface area contributed by atoms with Crippen LogP contribution in [0.1, 0.15) is 30.6 Å². The molecule has 2 aromatic carbocycles. The van der Waals surface area contributed by atoms with Crippen molar-refractivity contribution in [2.24, 2.45) is 5.92 Å². The van der Waals surface area contributed by atoms with Crippen LogP contribution >= 0.6 is 0 Å². The maximum Gasteiger partial charge on any atom is 0.261 e. The molecule has 0 aliphatic heterocycles. The number of hydrogen-bond donors (Lipinski definition) is 3. The van der Waals surface area contributed by atoms with Gasteiger partial charge in [0.1, 0.15) is 18.4 Å². The van der Waals surface area contributed by atoms with Crippen LogP contribution in [0.25, 0.3) is 0 Å². The minimum atomic E-state index is -3.98. The van der Waals surface area contributed by atoms with Gasteiger partial charge in [-0.15, -0.1) is 0 Å². The van der Waals surface area contributed by atoms with Crippen molar-refractivity contribution in [2.45, 2.75) is 31.2 Å². The molecule has 1 unspecified atom stereocenters. The summed E-state index contributed by atoms with van der Waals surface area (Å²) in [6, 6.07) is 11.0. The zero-order valence-corrected chi connectivity index (χ0v) is 17.9. The first kappa shape index (κ1) is 23.8. The summed E-state index contributed by atoms with van der Waals surface area (Å²) in [5.41, 5.74) is 0.271. The van der Waals surface area contributed by atoms with E-state index in [1.807, 2.05) is 13.8 Å². The molecule has 10 heteroatoms. The molecule has 0 saturated heterocycles. The standard InChI is InChI=1S/C21H23FN4O4S/c1-14(2)12-19(21(28)24-11-10-23)25-20(27)15-4-3-5-17(13-15)26-31(29,30)18-8-6-16(22)7-9-18/h3-9,13-14,19,26H,11-12H2,1-2H3,(H,24,28)(H,25,27). The number of nitriles is 1. The lowest BCUT2D eigenvalue weighted by atomic mass is 10.0. The Morgan fingerprint density at radius 3 is 2.42 bits per heavy atom. The van der Waals surface area contributed by atoms with Crippen molar-refractivity contribution < 1.29 is 22.4 Å². The molecule has 0 heterocycles. The topological polar surface area (TPSA) is 128 Å². The Bertz CT molecular complexity index is 1080. The van der Waals surface area contributed by atoms with E-state index in [1.165, 1.54) is 24.3 Å². The van der Waals surface area contributed by atoms with Crippen molar-refractivity contribution in [1.82, 2.24) is 10.6 Å². The quantitative estimate of drug-likeness (QED) is 0.510. The van der Waals surface area contributed by atoms with Crippen LogP contribution < -0.4 is 15.4 Å². The Hall–Kier alpha value is -3.45. The van der Waals surface area contributed by atoms with E-state index in [0.717, 1.165) is 24.3 Å². The Morgan fingerprint density at radius 2 is 1.81 bits per heavy atom. The largest absolute Gasteiger partial charge is 0.341 e. The lowest BCUT2D eigenvalue weighted by Gasteiger charge is -2.19. The van der Waals surface area contributed by atoms with E-state index in [-0.39, 0.29) is 28.6 Å². The minimum absolute atomic E-state index is 0.104. The van der Waals surface area contributed by atoms with Crippen LogP contribution in [0.2, 0.25) is 0 Å². The van der Waals surface area contributed by atoms with Crippen LogP contribution in [0, 0.1) is 23.1 Å². The molecule has 2 rings (SSSR count). The van der Waals surface area contributed by atoms with Gasteiger partial charge < -0.3 is 10.6 Å². The molecule has 0 aliphatic rings. The number of nitrogens with zero attached hydrogens (tertiary/aromatic N) is 1. The van der Waals surface area contributed by atoms with Gasteiger partial charge in [0.2, 0.25) is 5.91 Å². The second-order valence-corrected chi connectivity index (χ2v) is 8.85. The van der Waals surface area contributed by atoms with Crippen LogP contribution in [-0.2, 0) is 14.8 Å². The number of sulfonamides is 1. The molecule has 0 fully saturated rings. The molecule has 0 aromatic heterocycles. The number of nitrogens with one attached hydrogen (secondary N) is 3. The fourth-order valence-corrected chi connectivity index (χ4v) is 3.80. The van der Waals surface area contributed by atoms with Crippen LogP contribution in [-0.4, -0.2) is 32.8 Å². The van der Waals surface area contributed by atoms with Gasteiger partial charge in [-0.3, -0.25) is 14.3 Å². The number of halogens is 1.